The molecular formula is C12H20O2. The van der Waals surface area contributed by atoms with Crippen molar-refractivity contribution in [2.24, 2.45) is 17.8 Å². The predicted molar refractivity (Wildman–Crippen MR) is 55.0 cm³/mol. The summed E-state index contributed by atoms with van der Waals surface area (Å²) < 4.78 is 0. The summed E-state index contributed by atoms with van der Waals surface area (Å²) in [5, 5.41) is 9.29. The summed E-state index contributed by atoms with van der Waals surface area (Å²) in [6.45, 7) is 0. The molecule has 2 nitrogen and oxygen atoms in total. The average molecular weight is 196 g/mol. The molecule has 2 aliphatic carbocycles. The van der Waals surface area contributed by atoms with Crippen molar-refractivity contribution >= 4 is 5.97 Å². The van der Waals surface area contributed by atoms with Gasteiger partial charge in [0, 0.05) is 0 Å². The van der Waals surface area contributed by atoms with Crippen molar-refractivity contribution in [3.63, 3.8) is 0 Å². The van der Waals surface area contributed by atoms with Gasteiger partial charge in [0.05, 0.1) is 5.92 Å². The molecule has 80 valence electrons. The van der Waals surface area contributed by atoms with Gasteiger partial charge in [0.25, 0.3) is 0 Å². The summed E-state index contributed by atoms with van der Waals surface area (Å²) in [6, 6.07) is 0. The van der Waals surface area contributed by atoms with Gasteiger partial charge in [-0.05, 0) is 37.5 Å². The third-order valence-corrected chi connectivity index (χ3v) is 4.10. The molecule has 0 spiro atoms. The van der Waals surface area contributed by atoms with Crippen LogP contribution in [-0.2, 0) is 4.79 Å². The molecule has 2 rings (SSSR count). The number of carbonyl (C=O) groups is 1. The maximum atomic E-state index is 11.3. The van der Waals surface area contributed by atoms with Crippen LogP contribution in [0.5, 0.6) is 0 Å². The first-order chi connectivity index (χ1) is 6.79. The van der Waals surface area contributed by atoms with Crippen molar-refractivity contribution in [2.45, 2.75) is 51.4 Å². The van der Waals surface area contributed by atoms with Gasteiger partial charge in [0.1, 0.15) is 0 Å². The summed E-state index contributed by atoms with van der Waals surface area (Å²) >= 11 is 0. The fourth-order valence-electron chi connectivity index (χ4n) is 3.42. The molecule has 1 N–H and O–H groups in total. The van der Waals surface area contributed by atoms with Gasteiger partial charge >= 0.3 is 5.97 Å². The first-order valence-electron chi connectivity index (χ1n) is 6.02. The minimum atomic E-state index is -0.524. The molecule has 0 saturated heterocycles. The highest BCUT2D eigenvalue weighted by Gasteiger charge is 2.37. The lowest BCUT2D eigenvalue weighted by atomic mass is 9.79. The standard InChI is InChI=1S/C12H20O2/c13-12(14)11(9-5-1-2-6-9)10-7-3-4-8-10/h9-11H,1-8H2,(H,13,14). The molecule has 0 aromatic heterocycles. The van der Waals surface area contributed by atoms with Crippen LogP contribution >= 0.6 is 0 Å². The SMILES string of the molecule is O=C(O)C(C1CCCC1)C1CCCC1. The van der Waals surface area contributed by atoms with Gasteiger partial charge in [-0.3, -0.25) is 4.79 Å². The fraction of sp³-hybridized carbons (Fsp3) is 0.917. The summed E-state index contributed by atoms with van der Waals surface area (Å²) in [7, 11) is 0. The Kier molecular flexibility index (Phi) is 3.09. The van der Waals surface area contributed by atoms with Gasteiger partial charge in [0.2, 0.25) is 0 Å². The Morgan fingerprint density at radius 2 is 1.29 bits per heavy atom. The molecular weight excluding hydrogens is 176 g/mol. The van der Waals surface area contributed by atoms with Gasteiger partial charge < -0.3 is 5.11 Å². The van der Waals surface area contributed by atoms with Crippen LogP contribution in [0, 0.1) is 17.8 Å². The first-order valence-corrected chi connectivity index (χ1v) is 6.02. The van der Waals surface area contributed by atoms with Crippen molar-refractivity contribution in [1.82, 2.24) is 0 Å². The zero-order valence-corrected chi connectivity index (χ0v) is 8.74. The zero-order valence-electron chi connectivity index (χ0n) is 8.74. The topological polar surface area (TPSA) is 37.3 Å². The van der Waals surface area contributed by atoms with E-state index in [-0.39, 0.29) is 5.92 Å². The molecule has 0 unspecified atom stereocenters. The van der Waals surface area contributed by atoms with E-state index in [2.05, 4.69) is 0 Å². The van der Waals surface area contributed by atoms with Crippen LogP contribution in [0.2, 0.25) is 0 Å². The fourth-order valence-corrected chi connectivity index (χ4v) is 3.42. The second-order valence-corrected chi connectivity index (χ2v) is 4.95. The highest BCUT2D eigenvalue weighted by molar-refractivity contribution is 5.70. The van der Waals surface area contributed by atoms with Crippen LogP contribution < -0.4 is 0 Å². The Hall–Kier alpha value is -0.530. The van der Waals surface area contributed by atoms with Crippen molar-refractivity contribution in [2.75, 3.05) is 0 Å². The Bertz CT molecular complexity index is 184. The smallest absolute Gasteiger partial charge is 0.307 e. The Labute approximate surface area is 85.7 Å². The molecule has 0 heterocycles. The molecule has 2 aliphatic rings. The van der Waals surface area contributed by atoms with Crippen LogP contribution in [0.3, 0.4) is 0 Å². The predicted octanol–water partition coefficient (Wildman–Crippen LogP) is 3.07. The Morgan fingerprint density at radius 1 is 0.929 bits per heavy atom. The van der Waals surface area contributed by atoms with Crippen LogP contribution in [0.1, 0.15) is 51.4 Å². The number of hydrogen-bond acceptors (Lipinski definition) is 1. The largest absolute Gasteiger partial charge is 0.481 e. The quantitative estimate of drug-likeness (QED) is 0.753. The normalized spacial score (nSPS) is 24.9. The molecule has 2 fully saturated rings. The monoisotopic (exact) mass is 196 g/mol. The number of hydrogen-bond donors (Lipinski definition) is 1. The molecule has 2 heteroatoms. The number of aliphatic carboxylic acids is 1. The van der Waals surface area contributed by atoms with E-state index >= 15 is 0 Å². The minimum absolute atomic E-state index is 0.0139. The van der Waals surface area contributed by atoms with Crippen LogP contribution in [0.4, 0.5) is 0 Å². The maximum Gasteiger partial charge on any atom is 0.307 e. The van der Waals surface area contributed by atoms with E-state index in [1.54, 1.807) is 0 Å². The van der Waals surface area contributed by atoms with Gasteiger partial charge in [-0.15, -0.1) is 0 Å². The summed E-state index contributed by atoms with van der Waals surface area (Å²) in [6.07, 6.45) is 9.65. The molecule has 0 atom stereocenters. The van der Waals surface area contributed by atoms with E-state index in [1.807, 2.05) is 0 Å². The summed E-state index contributed by atoms with van der Waals surface area (Å²) in [5.41, 5.74) is 0. The molecule has 14 heavy (non-hydrogen) atoms. The average Bonchev–Trinajstić information content (AvgIpc) is 2.75. The highest BCUT2D eigenvalue weighted by atomic mass is 16.4. The first kappa shape index (κ1) is 10.0. The third kappa shape index (κ3) is 1.94. The van der Waals surface area contributed by atoms with E-state index in [0.29, 0.717) is 11.8 Å². The third-order valence-electron chi connectivity index (χ3n) is 4.10. The molecule has 0 radical (unpaired) electrons. The molecule has 0 aromatic rings. The molecule has 0 aliphatic heterocycles. The lowest BCUT2D eigenvalue weighted by molar-refractivity contribution is -0.146. The van der Waals surface area contributed by atoms with Gasteiger partial charge in [-0.1, -0.05) is 25.7 Å². The number of carboxylic acids is 1. The van der Waals surface area contributed by atoms with E-state index in [0.717, 1.165) is 25.7 Å². The van der Waals surface area contributed by atoms with E-state index in [1.165, 1.54) is 25.7 Å². The zero-order chi connectivity index (χ0) is 9.97. The van der Waals surface area contributed by atoms with Crippen molar-refractivity contribution < 1.29 is 9.90 Å². The molecule has 0 amide bonds. The van der Waals surface area contributed by atoms with Crippen molar-refractivity contribution in [1.29, 1.82) is 0 Å². The van der Waals surface area contributed by atoms with Crippen LogP contribution in [0.15, 0.2) is 0 Å². The lowest BCUT2D eigenvalue weighted by Gasteiger charge is -2.24. The van der Waals surface area contributed by atoms with Gasteiger partial charge in [-0.2, -0.15) is 0 Å². The van der Waals surface area contributed by atoms with Crippen molar-refractivity contribution in [3.05, 3.63) is 0 Å². The summed E-state index contributed by atoms with van der Waals surface area (Å²) in [5.74, 6) is 0.454. The Morgan fingerprint density at radius 3 is 1.57 bits per heavy atom. The van der Waals surface area contributed by atoms with Crippen LogP contribution in [-0.4, -0.2) is 11.1 Å². The molecule has 2 saturated carbocycles. The lowest BCUT2D eigenvalue weighted by Crippen LogP contribution is -2.28. The van der Waals surface area contributed by atoms with E-state index in [4.69, 9.17) is 0 Å². The van der Waals surface area contributed by atoms with Crippen LogP contribution in [0.25, 0.3) is 0 Å². The van der Waals surface area contributed by atoms with Gasteiger partial charge in [-0.25, -0.2) is 0 Å². The highest BCUT2D eigenvalue weighted by Crippen LogP contribution is 2.41. The maximum absolute atomic E-state index is 11.3. The van der Waals surface area contributed by atoms with E-state index in [9.17, 15) is 9.90 Å². The van der Waals surface area contributed by atoms with Crippen molar-refractivity contribution in [3.8, 4) is 0 Å². The molecule has 0 bridgehead atoms. The second kappa shape index (κ2) is 4.33. The minimum Gasteiger partial charge on any atom is -0.481 e. The number of rotatable bonds is 3. The second-order valence-electron chi connectivity index (χ2n) is 4.95. The Balaban J connectivity index is 2.02. The molecule has 0 aromatic carbocycles. The van der Waals surface area contributed by atoms with E-state index < -0.39 is 5.97 Å². The summed E-state index contributed by atoms with van der Waals surface area (Å²) in [4.78, 5) is 11.3. The van der Waals surface area contributed by atoms with Gasteiger partial charge in [0.15, 0.2) is 0 Å². The number of carboxylic acid groups (broad SMARTS) is 1.